The third-order valence-corrected chi connectivity index (χ3v) is 6.39. The monoisotopic (exact) mass is 436 g/mol. The number of nitrogens with zero attached hydrogens (tertiary/aromatic N) is 2. The van der Waals surface area contributed by atoms with Crippen LogP contribution in [-0.2, 0) is 14.9 Å². The predicted octanol–water partition coefficient (Wildman–Crippen LogP) is 2.91. The van der Waals surface area contributed by atoms with Crippen molar-refractivity contribution in [1.29, 1.82) is 0 Å². The number of hydrogen-bond donors (Lipinski definition) is 2. The van der Waals surface area contributed by atoms with E-state index in [1.165, 1.54) is 5.56 Å². The lowest BCUT2D eigenvalue weighted by molar-refractivity contribution is -0.0284. The summed E-state index contributed by atoms with van der Waals surface area (Å²) in [6.07, 6.45) is 2.06. The van der Waals surface area contributed by atoms with Crippen LogP contribution in [0.15, 0.2) is 29.3 Å². The average Bonchev–Trinajstić information content (AvgIpc) is 2.74. The topological polar surface area (TPSA) is 58.1 Å². The standard InChI is InChI=1S/C23H37ClN4O2/c1-18(2)15-28-10-13-30-19(16-28)14-26-22(25-3)27-17-23(8-11-29-12-9-23)20-6-4-5-7-21(20)24/h4-7,18-19H,8-17H2,1-3H3,(H2,25,26,27). The van der Waals surface area contributed by atoms with Crippen LogP contribution in [0.25, 0.3) is 0 Å². The quantitative estimate of drug-likeness (QED) is 0.508. The normalized spacial score (nSPS) is 22.8. The average molecular weight is 437 g/mol. The van der Waals surface area contributed by atoms with E-state index in [2.05, 4.69) is 46.5 Å². The molecule has 30 heavy (non-hydrogen) atoms. The molecule has 0 aromatic heterocycles. The molecule has 1 unspecified atom stereocenters. The third-order valence-electron chi connectivity index (χ3n) is 6.06. The van der Waals surface area contributed by atoms with E-state index in [1.807, 2.05) is 19.2 Å². The molecule has 1 atom stereocenters. The Kier molecular flexibility index (Phi) is 8.81. The Labute approximate surface area is 186 Å². The molecule has 7 heteroatoms. The highest BCUT2D eigenvalue weighted by atomic mass is 35.5. The number of guanidine groups is 1. The molecule has 2 aliphatic heterocycles. The largest absolute Gasteiger partial charge is 0.381 e. The summed E-state index contributed by atoms with van der Waals surface area (Å²) in [5.41, 5.74) is 1.14. The Morgan fingerprint density at radius 2 is 2.00 bits per heavy atom. The van der Waals surface area contributed by atoms with Gasteiger partial charge in [-0.25, -0.2) is 0 Å². The molecule has 0 spiro atoms. The van der Waals surface area contributed by atoms with Crippen LogP contribution in [0.5, 0.6) is 0 Å². The van der Waals surface area contributed by atoms with Crippen molar-refractivity contribution < 1.29 is 9.47 Å². The Balaban J connectivity index is 1.56. The molecular weight excluding hydrogens is 400 g/mol. The van der Waals surface area contributed by atoms with Crippen molar-refractivity contribution in [2.45, 2.75) is 38.2 Å². The van der Waals surface area contributed by atoms with E-state index >= 15 is 0 Å². The second kappa shape index (κ2) is 11.3. The van der Waals surface area contributed by atoms with E-state index in [4.69, 9.17) is 21.1 Å². The van der Waals surface area contributed by atoms with Gasteiger partial charge in [0.25, 0.3) is 0 Å². The van der Waals surface area contributed by atoms with Gasteiger partial charge in [0, 0.05) is 63.4 Å². The molecule has 0 amide bonds. The van der Waals surface area contributed by atoms with Crippen LogP contribution < -0.4 is 10.6 Å². The zero-order valence-electron chi connectivity index (χ0n) is 18.6. The highest BCUT2D eigenvalue weighted by molar-refractivity contribution is 6.31. The number of rotatable bonds is 7. The molecule has 2 saturated heterocycles. The second-order valence-corrected chi connectivity index (χ2v) is 9.23. The van der Waals surface area contributed by atoms with Gasteiger partial charge in [-0.3, -0.25) is 9.89 Å². The number of nitrogens with one attached hydrogen (secondary N) is 2. The molecule has 3 rings (SSSR count). The van der Waals surface area contributed by atoms with Crippen LogP contribution >= 0.6 is 11.6 Å². The maximum atomic E-state index is 6.57. The van der Waals surface area contributed by atoms with Crippen LogP contribution in [0.4, 0.5) is 0 Å². The van der Waals surface area contributed by atoms with Crippen LogP contribution in [0.3, 0.4) is 0 Å². The fourth-order valence-electron chi connectivity index (χ4n) is 4.46. The minimum absolute atomic E-state index is 0.0520. The van der Waals surface area contributed by atoms with Crippen LogP contribution in [0, 0.1) is 5.92 Å². The lowest BCUT2D eigenvalue weighted by atomic mass is 9.74. The van der Waals surface area contributed by atoms with Gasteiger partial charge in [-0.2, -0.15) is 0 Å². The third kappa shape index (κ3) is 6.33. The molecule has 2 N–H and O–H groups in total. The van der Waals surface area contributed by atoms with Crippen molar-refractivity contribution in [3.05, 3.63) is 34.9 Å². The number of aliphatic imine (C=N–C) groups is 1. The van der Waals surface area contributed by atoms with Gasteiger partial charge in [0.15, 0.2) is 5.96 Å². The van der Waals surface area contributed by atoms with Gasteiger partial charge in [-0.05, 0) is 30.4 Å². The fraction of sp³-hybridized carbons (Fsp3) is 0.696. The highest BCUT2D eigenvalue weighted by Crippen LogP contribution is 2.38. The summed E-state index contributed by atoms with van der Waals surface area (Å²) < 4.78 is 11.6. The Morgan fingerprint density at radius 1 is 1.23 bits per heavy atom. The molecule has 0 radical (unpaired) electrons. The van der Waals surface area contributed by atoms with Gasteiger partial charge in [0.1, 0.15) is 0 Å². The summed E-state index contributed by atoms with van der Waals surface area (Å²) in [5, 5.41) is 7.83. The summed E-state index contributed by atoms with van der Waals surface area (Å²) in [4.78, 5) is 6.92. The van der Waals surface area contributed by atoms with E-state index < -0.39 is 0 Å². The summed E-state index contributed by atoms with van der Waals surface area (Å²) in [6.45, 7) is 11.4. The first-order valence-corrected chi connectivity index (χ1v) is 11.5. The zero-order valence-corrected chi connectivity index (χ0v) is 19.4. The maximum absolute atomic E-state index is 6.57. The SMILES string of the molecule is CN=C(NCC1CN(CC(C)C)CCO1)NCC1(c2ccccc2Cl)CCOCC1. The minimum atomic E-state index is -0.0520. The molecular formula is C23H37ClN4O2. The number of hydrogen-bond acceptors (Lipinski definition) is 4. The fourth-order valence-corrected chi connectivity index (χ4v) is 4.80. The maximum Gasteiger partial charge on any atom is 0.191 e. The lowest BCUT2D eigenvalue weighted by Gasteiger charge is -2.39. The van der Waals surface area contributed by atoms with Gasteiger partial charge in [-0.1, -0.05) is 43.6 Å². The summed E-state index contributed by atoms with van der Waals surface area (Å²) in [5.74, 6) is 1.48. The van der Waals surface area contributed by atoms with Crippen molar-refractivity contribution >= 4 is 17.6 Å². The number of ether oxygens (including phenoxy) is 2. The van der Waals surface area contributed by atoms with Crippen molar-refractivity contribution in [3.8, 4) is 0 Å². The molecule has 1 aromatic rings. The van der Waals surface area contributed by atoms with Crippen LogP contribution in [0.2, 0.25) is 5.02 Å². The highest BCUT2D eigenvalue weighted by Gasteiger charge is 2.36. The van der Waals surface area contributed by atoms with Gasteiger partial charge >= 0.3 is 0 Å². The summed E-state index contributed by atoms with van der Waals surface area (Å²) in [6, 6.07) is 8.17. The summed E-state index contributed by atoms with van der Waals surface area (Å²) >= 11 is 6.57. The van der Waals surface area contributed by atoms with E-state index in [1.54, 1.807) is 0 Å². The van der Waals surface area contributed by atoms with E-state index in [0.29, 0.717) is 5.92 Å². The van der Waals surface area contributed by atoms with Gasteiger partial charge in [0.05, 0.1) is 12.7 Å². The first kappa shape index (κ1) is 23.3. The van der Waals surface area contributed by atoms with Gasteiger partial charge in [0.2, 0.25) is 0 Å². The Morgan fingerprint density at radius 3 is 2.70 bits per heavy atom. The molecule has 2 fully saturated rings. The first-order valence-electron chi connectivity index (χ1n) is 11.1. The molecule has 0 bridgehead atoms. The first-order chi connectivity index (χ1) is 14.5. The predicted molar refractivity (Wildman–Crippen MR) is 124 cm³/mol. The van der Waals surface area contributed by atoms with E-state index in [0.717, 1.165) is 76.4 Å². The number of morpholine rings is 1. The molecule has 168 valence electrons. The number of halogens is 1. The Hall–Kier alpha value is -1.34. The van der Waals surface area contributed by atoms with Crippen LogP contribution in [0.1, 0.15) is 32.3 Å². The zero-order chi connectivity index (χ0) is 21.4. The number of benzene rings is 1. The lowest BCUT2D eigenvalue weighted by Crippen LogP contribution is -2.52. The Bertz CT molecular complexity index is 692. The smallest absolute Gasteiger partial charge is 0.191 e. The van der Waals surface area contributed by atoms with Crippen molar-refractivity contribution in [3.63, 3.8) is 0 Å². The molecule has 0 saturated carbocycles. The van der Waals surface area contributed by atoms with Gasteiger partial charge < -0.3 is 20.1 Å². The van der Waals surface area contributed by atoms with Crippen molar-refractivity contribution in [1.82, 2.24) is 15.5 Å². The molecule has 6 nitrogen and oxygen atoms in total. The minimum Gasteiger partial charge on any atom is -0.381 e. The second-order valence-electron chi connectivity index (χ2n) is 8.83. The van der Waals surface area contributed by atoms with Crippen molar-refractivity contribution in [2.75, 3.05) is 59.6 Å². The van der Waals surface area contributed by atoms with E-state index in [9.17, 15) is 0 Å². The summed E-state index contributed by atoms with van der Waals surface area (Å²) in [7, 11) is 1.81. The molecule has 2 heterocycles. The molecule has 0 aliphatic carbocycles. The molecule has 2 aliphatic rings. The van der Waals surface area contributed by atoms with E-state index in [-0.39, 0.29) is 11.5 Å². The van der Waals surface area contributed by atoms with Gasteiger partial charge in [-0.15, -0.1) is 0 Å². The van der Waals surface area contributed by atoms with Crippen molar-refractivity contribution in [2.24, 2.45) is 10.9 Å². The molecule has 1 aromatic carbocycles. The van der Waals surface area contributed by atoms with Crippen LogP contribution in [-0.4, -0.2) is 76.6 Å².